The quantitative estimate of drug-likeness (QED) is 0.485. The molecule has 0 bridgehead atoms. The van der Waals surface area contributed by atoms with E-state index in [1.807, 2.05) is 6.07 Å². The normalized spacial score (nSPS) is 13.3. The number of hydrogen-bond acceptors (Lipinski definition) is 4. The summed E-state index contributed by atoms with van der Waals surface area (Å²) < 4.78 is 0. The number of halogens is 1. The maximum atomic E-state index is 9.74. The van der Waals surface area contributed by atoms with Crippen molar-refractivity contribution in [2.24, 2.45) is 5.11 Å². The average Bonchev–Trinajstić information content (AvgIpc) is 2.35. The summed E-state index contributed by atoms with van der Waals surface area (Å²) in [5.74, 6) is 0. The Morgan fingerprint density at radius 3 is 2.82 bits per heavy atom. The first kappa shape index (κ1) is 13.3. The van der Waals surface area contributed by atoms with Gasteiger partial charge in [-0.15, -0.1) is 0 Å². The van der Waals surface area contributed by atoms with Crippen molar-refractivity contribution in [1.29, 1.82) is 5.26 Å². The number of nitrogens with zero attached hydrogens (tertiary/aromatic N) is 4. The molecule has 2 N–H and O–H groups in total. The molecule has 0 aliphatic carbocycles. The summed E-state index contributed by atoms with van der Waals surface area (Å²) in [7, 11) is 0. The fourth-order valence-corrected chi connectivity index (χ4v) is 1.41. The molecule has 0 aromatic heterocycles. The van der Waals surface area contributed by atoms with E-state index in [0.29, 0.717) is 5.56 Å². The molecule has 2 unspecified atom stereocenters. The van der Waals surface area contributed by atoms with Crippen molar-refractivity contribution < 1.29 is 10.2 Å². The van der Waals surface area contributed by atoms with Crippen LogP contribution in [0.25, 0.3) is 10.4 Å². The molecule has 0 heterocycles. The van der Waals surface area contributed by atoms with Crippen molar-refractivity contribution in [3.8, 4) is 6.07 Å². The first-order chi connectivity index (χ1) is 8.10. The van der Waals surface area contributed by atoms with Crippen LogP contribution in [-0.4, -0.2) is 22.9 Å². The molecule has 0 spiro atoms. The van der Waals surface area contributed by atoms with Crippen LogP contribution in [0.15, 0.2) is 23.3 Å². The first-order valence-electron chi connectivity index (χ1n) is 4.66. The van der Waals surface area contributed by atoms with Gasteiger partial charge in [-0.3, -0.25) is 0 Å². The zero-order valence-electron chi connectivity index (χ0n) is 8.66. The summed E-state index contributed by atoms with van der Waals surface area (Å²) in [6.45, 7) is -0.248. The van der Waals surface area contributed by atoms with Gasteiger partial charge in [0.2, 0.25) is 0 Å². The third-order valence-electron chi connectivity index (χ3n) is 2.15. The van der Waals surface area contributed by atoms with Gasteiger partial charge in [-0.1, -0.05) is 22.8 Å². The fourth-order valence-electron chi connectivity index (χ4n) is 1.25. The second kappa shape index (κ2) is 6.09. The standard InChI is InChI=1S/C10H9ClN4O2/c11-8-2-1-6(3-7(8)4-12)10(17)9(16)5-14-15-13/h1-3,9-10,16-17H,5H2. The largest absolute Gasteiger partial charge is 0.390 e. The highest BCUT2D eigenvalue weighted by molar-refractivity contribution is 6.31. The number of nitriles is 1. The van der Waals surface area contributed by atoms with Crippen LogP contribution in [-0.2, 0) is 0 Å². The molecule has 0 saturated carbocycles. The SMILES string of the molecule is N#Cc1cc(C(O)C(O)CN=[N+]=[N-])ccc1Cl. The molecule has 0 fully saturated rings. The Morgan fingerprint density at radius 2 is 2.24 bits per heavy atom. The van der Waals surface area contributed by atoms with Gasteiger partial charge in [-0.25, -0.2) is 0 Å². The van der Waals surface area contributed by atoms with Crippen LogP contribution in [0.4, 0.5) is 0 Å². The molecule has 0 amide bonds. The predicted octanol–water partition coefficient (Wildman–Crippen LogP) is 1.92. The second-order valence-corrected chi connectivity index (χ2v) is 3.68. The van der Waals surface area contributed by atoms with E-state index in [-0.39, 0.29) is 17.1 Å². The van der Waals surface area contributed by atoms with Gasteiger partial charge < -0.3 is 10.2 Å². The molecule has 1 rings (SSSR count). The van der Waals surface area contributed by atoms with Crippen molar-refractivity contribution in [3.05, 3.63) is 44.8 Å². The Bertz CT molecular complexity index is 494. The third-order valence-corrected chi connectivity index (χ3v) is 2.48. The van der Waals surface area contributed by atoms with Crippen molar-refractivity contribution in [3.63, 3.8) is 0 Å². The summed E-state index contributed by atoms with van der Waals surface area (Å²) in [5, 5.41) is 31.4. The van der Waals surface area contributed by atoms with Crippen LogP contribution < -0.4 is 0 Å². The van der Waals surface area contributed by atoms with Crippen LogP contribution in [0.3, 0.4) is 0 Å². The number of hydrogen-bond donors (Lipinski definition) is 2. The van der Waals surface area contributed by atoms with Gasteiger partial charge >= 0.3 is 0 Å². The minimum Gasteiger partial charge on any atom is -0.390 e. The monoisotopic (exact) mass is 252 g/mol. The lowest BCUT2D eigenvalue weighted by Gasteiger charge is -2.16. The summed E-state index contributed by atoms with van der Waals surface area (Å²) >= 11 is 5.73. The summed E-state index contributed by atoms with van der Waals surface area (Å²) in [5.41, 5.74) is 8.64. The van der Waals surface area contributed by atoms with Crippen LogP contribution in [0.5, 0.6) is 0 Å². The molecule has 1 aromatic rings. The van der Waals surface area contributed by atoms with Crippen LogP contribution in [0.2, 0.25) is 5.02 Å². The number of aliphatic hydroxyl groups is 2. The van der Waals surface area contributed by atoms with Gasteiger partial charge in [0.25, 0.3) is 0 Å². The molecule has 0 aliphatic rings. The van der Waals surface area contributed by atoms with E-state index in [1.165, 1.54) is 18.2 Å². The van der Waals surface area contributed by atoms with Crippen molar-refractivity contribution >= 4 is 11.6 Å². The first-order valence-corrected chi connectivity index (χ1v) is 5.04. The molecule has 0 saturated heterocycles. The van der Waals surface area contributed by atoms with E-state index in [9.17, 15) is 10.2 Å². The van der Waals surface area contributed by atoms with Crippen LogP contribution in [0, 0.1) is 11.3 Å². The lowest BCUT2D eigenvalue weighted by Crippen LogP contribution is -2.21. The number of benzene rings is 1. The van der Waals surface area contributed by atoms with E-state index in [2.05, 4.69) is 10.0 Å². The molecule has 6 nitrogen and oxygen atoms in total. The highest BCUT2D eigenvalue weighted by Crippen LogP contribution is 2.23. The highest BCUT2D eigenvalue weighted by atomic mass is 35.5. The molecule has 0 aliphatic heterocycles. The molecule has 17 heavy (non-hydrogen) atoms. The third kappa shape index (κ3) is 3.34. The molecule has 0 radical (unpaired) electrons. The van der Waals surface area contributed by atoms with E-state index in [1.54, 1.807) is 0 Å². The molecular formula is C10H9ClN4O2. The van der Waals surface area contributed by atoms with Crippen molar-refractivity contribution in [2.45, 2.75) is 12.2 Å². The predicted molar refractivity (Wildman–Crippen MR) is 61.1 cm³/mol. The topological polar surface area (TPSA) is 113 Å². The van der Waals surface area contributed by atoms with Crippen LogP contribution in [0.1, 0.15) is 17.2 Å². The molecule has 7 heteroatoms. The van der Waals surface area contributed by atoms with Gasteiger partial charge in [-0.2, -0.15) is 5.26 Å². The highest BCUT2D eigenvalue weighted by Gasteiger charge is 2.18. The maximum Gasteiger partial charge on any atom is 0.105 e. The van der Waals surface area contributed by atoms with Gasteiger partial charge in [0.15, 0.2) is 0 Å². The molecule has 1 aromatic carbocycles. The van der Waals surface area contributed by atoms with Gasteiger partial charge in [-0.05, 0) is 23.2 Å². The Hall–Kier alpha value is -1.77. The van der Waals surface area contributed by atoms with Gasteiger partial charge in [0.1, 0.15) is 12.2 Å². The number of rotatable bonds is 4. The number of aliphatic hydroxyl groups excluding tert-OH is 2. The van der Waals surface area contributed by atoms with Crippen molar-refractivity contribution in [1.82, 2.24) is 0 Å². The molecule has 2 atom stereocenters. The Balaban J connectivity index is 2.93. The average molecular weight is 253 g/mol. The van der Waals surface area contributed by atoms with Crippen molar-refractivity contribution in [2.75, 3.05) is 6.54 Å². The maximum absolute atomic E-state index is 9.74. The zero-order chi connectivity index (χ0) is 12.8. The number of azide groups is 1. The lowest BCUT2D eigenvalue weighted by atomic mass is 10.0. The van der Waals surface area contributed by atoms with E-state index in [4.69, 9.17) is 22.4 Å². The summed E-state index contributed by atoms with van der Waals surface area (Å²) in [4.78, 5) is 2.48. The Morgan fingerprint density at radius 1 is 1.53 bits per heavy atom. The van der Waals surface area contributed by atoms with E-state index in [0.717, 1.165) is 0 Å². The minimum absolute atomic E-state index is 0.208. The molecular weight excluding hydrogens is 244 g/mol. The summed E-state index contributed by atoms with van der Waals surface area (Å²) in [6.07, 6.45) is -2.46. The Labute approximate surface area is 102 Å². The fraction of sp³-hybridized carbons (Fsp3) is 0.300. The smallest absolute Gasteiger partial charge is 0.105 e. The zero-order valence-corrected chi connectivity index (χ0v) is 9.41. The van der Waals surface area contributed by atoms with Crippen LogP contribution >= 0.6 is 11.6 Å². The lowest BCUT2D eigenvalue weighted by molar-refractivity contribution is 0.0244. The minimum atomic E-state index is -1.23. The van der Waals surface area contributed by atoms with E-state index >= 15 is 0 Å². The second-order valence-electron chi connectivity index (χ2n) is 3.28. The van der Waals surface area contributed by atoms with Gasteiger partial charge in [0, 0.05) is 4.91 Å². The summed E-state index contributed by atoms with van der Waals surface area (Å²) in [6, 6.07) is 6.20. The molecule has 88 valence electrons. The Kier molecular flexibility index (Phi) is 4.76. The van der Waals surface area contributed by atoms with Gasteiger partial charge in [0.05, 0.1) is 23.2 Å². The van der Waals surface area contributed by atoms with E-state index < -0.39 is 12.2 Å².